The maximum absolute atomic E-state index is 14.0. The number of amides is 1. The van der Waals surface area contributed by atoms with Crippen molar-refractivity contribution in [2.45, 2.75) is 51.3 Å². The number of phenolic OH excluding ortho intramolecular Hbond substituents is 1. The number of carboxylic acids is 1. The summed E-state index contributed by atoms with van der Waals surface area (Å²) in [5.74, 6) is -1.02. The number of fused-ring (bicyclic) bond motifs is 1. The SMILES string of the molecule is COc1ccc2c(N[C@@H]3CN(C(=O)OC(C)(C)C)[C@@](C)(C(=O)O)C3)nc(-c3cc(F)ccc3O)nc2c1. The van der Waals surface area contributed by atoms with Gasteiger partial charge in [-0.3, -0.25) is 4.90 Å². The Hall–Kier alpha value is -4.15. The van der Waals surface area contributed by atoms with Gasteiger partial charge in [0.1, 0.15) is 34.3 Å². The highest BCUT2D eigenvalue weighted by atomic mass is 19.1. The number of hydrogen-bond acceptors (Lipinski definition) is 8. The van der Waals surface area contributed by atoms with E-state index in [-0.39, 0.29) is 30.1 Å². The first-order valence-electron chi connectivity index (χ1n) is 11.7. The Balaban J connectivity index is 1.76. The molecule has 3 N–H and O–H groups in total. The van der Waals surface area contributed by atoms with E-state index in [1.165, 1.54) is 25.0 Å². The fourth-order valence-corrected chi connectivity index (χ4v) is 4.32. The zero-order valence-corrected chi connectivity index (χ0v) is 21.2. The minimum Gasteiger partial charge on any atom is -0.507 e. The average molecular weight is 513 g/mol. The second kappa shape index (κ2) is 9.38. The molecule has 0 bridgehead atoms. The highest BCUT2D eigenvalue weighted by Gasteiger charge is 2.51. The van der Waals surface area contributed by atoms with Crippen molar-refractivity contribution in [2.24, 2.45) is 0 Å². The summed E-state index contributed by atoms with van der Waals surface area (Å²) in [6.45, 7) is 6.64. The largest absolute Gasteiger partial charge is 0.507 e. The number of halogens is 1. The van der Waals surface area contributed by atoms with Gasteiger partial charge in [-0.1, -0.05) is 0 Å². The van der Waals surface area contributed by atoms with E-state index in [1.54, 1.807) is 39.0 Å². The van der Waals surface area contributed by atoms with Gasteiger partial charge in [-0.2, -0.15) is 0 Å². The van der Waals surface area contributed by atoms with Crippen molar-refractivity contribution in [3.8, 4) is 22.9 Å². The third-order valence-corrected chi connectivity index (χ3v) is 6.16. The highest BCUT2D eigenvalue weighted by Crippen LogP contribution is 2.36. The van der Waals surface area contributed by atoms with Crippen LogP contribution >= 0.6 is 0 Å². The van der Waals surface area contributed by atoms with E-state index in [0.29, 0.717) is 22.5 Å². The molecule has 0 spiro atoms. The Bertz CT molecular complexity index is 1380. The maximum Gasteiger partial charge on any atom is 0.411 e. The van der Waals surface area contributed by atoms with Crippen molar-refractivity contribution < 1.29 is 33.7 Å². The van der Waals surface area contributed by atoms with Crippen molar-refractivity contribution in [3.63, 3.8) is 0 Å². The number of carbonyl (C=O) groups is 2. The molecule has 11 heteroatoms. The van der Waals surface area contributed by atoms with Crippen molar-refractivity contribution in [3.05, 3.63) is 42.2 Å². The van der Waals surface area contributed by atoms with Gasteiger partial charge in [0.05, 0.1) is 18.2 Å². The number of methoxy groups -OCH3 is 1. The molecule has 2 atom stereocenters. The first kappa shape index (κ1) is 25.9. The molecule has 1 aromatic heterocycles. The van der Waals surface area contributed by atoms with E-state index in [4.69, 9.17) is 9.47 Å². The van der Waals surface area contributed by atoms with Gasteiger partial charge in [0.25, 0.3) is 0 Å². The van der Waals surface area contributed by atoms with Crippen LogP contribution in [0, 0.1) is 5.82 Å². The molecule has 10 nitrogen and oxygen atoms in total. The summed E-state index contributed by atoms with van der Waals surface area (Å²) in [7, 11) is 1.51. The number of aliphatic carboxylic acids is 1. The molecule has 4 rings (SSSR count). The molecule has 196 valence electrons. The molecule has 0 radical (unpaired) electrons. The zero-order chi connectivity index (χ0) is 27.1. The minimum absolute atomic E-state index is 0.0416. The normalized spacial score (nSPS) is 19.6. The first-order valence-corrected chi connectivity index (χ1v) is 11.7. The smallest absolute Gasteiger partial charge is 0.411 e. The van der Waals surface area contributed by atoms with Crippen LogP contribution in [0.4, 0.5) is 15.0 Å². The summed E-state index contributed by atoms with van der Waals surface area (Å²) in [6.07, 6.45) is -0.659. The molecule has 37 heavy (non-hydrogen) atoms. The predicted octanol–water partition coefficient (Wildman–Crippen LogP) is 4.41. The summed E-state index contributed by atoms with van der Waals surface area (Å²) in [4.78, 5) is 35.3. The number of aromatic hydroxyl groups is 1. The van der Waals surface area contributed by atoms with Crippen LogP contribution in [-0.2, 0) is 9.53 Å². The van der Waals surface area contributed by atoms with Crippen LogP contribution in [-0.4, -0.2) is 68.0 Å². The molecule has 0 unspecified atom stereocenters. The Morgan fingerprint density at radius 3 is 2.57 bits per heavy atom. The lowest BCUT2D eigenvalue weighted by atomic mass is 9.97. The van der Waals surface area contributed by atoms with E-state index >= 15 is 0 Å². The number of ether oxygens (including phenoxy) is 2. The van der Waals surface area contributed by atoms with E-state index in [2.05, 4.69) is 15.3 Å². The monoisotopic (exact) mass is 512 g/mol. The lowest BCUT2D eigenvalue weighted by molar-refractivity contribution is -0.148. The van der Waals surface area contributed by atoms with E-state index < -0.39 is 35.1 Å². The lowest BCUT2D eigenvalue weighted by Gasteiger charge is -2.32. The molecule has 1 amide bonds. The number of nitrogens with zero attached hydrogens (tertiary/aromatic N) is 3. The maximum atomic E-state index is 14.0. The summed E-state index contributed by atoms with van der Waals surface area (Å²) >= 11 is 0. The predicted molar refractivity (Wildman–Crippen MR) is 134 cm³/mol. The van der Waals surface area contributed by atoms with Crippen molar-refractivity contribution in [1.82, 2.24) is 14.9 Å². The number of anilines is 1. The number of hydrogen-bond donors (Lipinski definition) is 3. The molecule has 2 heterocycles. The number of likely N-dealkylation sites (tertiary alicyclic amines) is 1. The van der Waals surface area contributed by atoms with E-state index in [0.717, 1.165) is 12.1 Å². The minimum atomic E-state index is -1.52. The zero-order valence-electron chi connectivity index (χ0n) is 21.2. The van der Waals surface area contributed by atoms with E-state index in [1.807, 2.05) is 0 Å². The highest BCUT2D eigenvalue weighted by molar-refractivity contribution is 5.92. The summed E-state index contributed by atoms with van der Waals surface area (Å²) in [5, 5.41) is 24.1. The summed E-state index contributed by atoms with van der Waals surface area (Å²) in [5.41, 5.74) is -1.77. The number of carboxylic acid groups (broad SMARTS) is 1. The molecule has 0 aliphatic carbocycles. The Labute approximate surface area is 213 Å². The number of nitrogens with one attached hydrogen (secondary N) is 1. The van der Waals surface area contributed by atoms with E-state index in [9.17, 15) is 24.2 Å². The van der Waals surface area contributed by atoms with Crippen LogP contribution in [0.15, 0.2) is 36.4 Å². The number of carbonyl (C=O) groups excluding carboxylic acids is 1. The lowest BCUT2D eigenvalue weighted by Crippen LogP contribution is -2.52. The van der Waals surface area contributed by atoms with Gasteiger partial charge < -0.3 is 25.0 Å². The van der Waals surface area contributed by atoms with Crippen LogP contribution in [0.2, 0.25) is 0 Å². The van der Waals surface area contributed by atoms with Gasteiger partial charge in [0.2, 0.25) is 0 Å². The second-order valence-electron chi connectivity index (χ2n) is 10.2. The number of phenols is 1. The number of aromatic nitrogens is 2. The van der Waals surface area contributed by atoms with Crippen LogP contribution in [0.25, 0.3) is 22.3 Å². The molecular weight excluding hydrogens is 483 g/mol. The molecule has 1 saturated heterocycles. The quantitative estimate of drug-likeness (QED) is 0.454. The third kappa shape index (κ3) is 5.20. The topological polar surface area (TPSA) is 134 Å². The van der Waals surface area contributed by atoms with Crippen molar-refractivity contribution in [2.75, 3.05) is 19.0 Å². The Morgan fingerprint density at radius 1 is 1.19 bits per heavy atom. The Morgan fingerprint density at radius 2 is 1.92 bits per heavy atom. The van der Waals surface area contributed by atoms with Gasteiger partial charge in [-0.05, 0) is 58.0 Å². The van der Waals surface area contributed by atoms with Crippen LogP contribution in [0.5, 0.6) is 11.5 Å². The second-order valence-corrected chi connectivity index (χ2v) is 10.2. The molecule has 0 saturated carbocycles. The van der Waals surface area contributed by atoms with Gasteiger partial charge in [-0.15, -0.1) is 0 Å². The molecule has 1 aliphatic rings. The molecule has 2 aromatic carbocycles. The average Bonchev–Trinajstić information content (AvgIpc) is 3.16. The third-order valence-electron chi connectivity index (χ3n) is 6.16. The van der Waals surface area contributed by atoms with Gasteiger partial charge >= 0.3 is 12.1 Å². The van der Waals surface area contributed by atoms with Crippen LogP contribution in [0.3, 0.4) is 0 Å². The van der Waals surface area contributed by atoms with Gasteiger partial charge in [-0.25, -0.2) is 23.9 Å². The fraction of sp³-hybridized carbons (Fsp3) is 0.385. The van der Waals surface area contributed by atoms with Gasteiger partial charge in [0, 0.05) is 30.5 Å². The first-order chi connectivity index (χ1) is 17.3. The molecule has 3 aromatic rings. The van der Waals surface area contributed by atoms with Crippen LogP contribution < -0.4 is 10.1 Å². The fourth-order valence-electron chi connectivity index (χ4n) is 4.32. The number of rotatable bonds is 5. The summed E-state index contributed by atoms with van der Waals surface area (Å²) < 4.78 is 24.7. The Kier molecular flexibility index (Phi) is 6.57. The standard InChI is InChI=1S/C26H29FN4O6/c1-25(2,3)37-24(35)31-13-15(12-26(31,4)23(33)34)28-21-17-8-7-16(36-5)11-19(17)29-22(30-21)18-10-14(27)6-9-20(18)32/h6-11,15,32H,12-13H2,1-5H3,(H,33,34)(H,28,29,30)/t15-,26+/m0/s1. The molecule has 1 aliphatic heterocycles. The molecule has 1 fully saturated rings. The van der Waals surface area contributed by atoms with Crippen LogP contribution in [0.1, 0.15) is 34.1 Å². The van der Waals surface area contributed by atoms with Gasteiger partial charge in [0.15, 0.2) is 5.82 Å². The van der Waals surface area contributed by atoms with Crippen molar-refractivity contribution in [1.29, 1.82) is 0 Å². The summed E-state index contributed by atoms with van der Waals surface area (Å²) in [6, 6.07) is 8.08. The molecular formula is C26H29FN4O6. The van der Waals surface area contributed by atoms with Crippen molar-refractivity contribution >= 4 is 28.8 Å². The number of benzene rings is 2.